The molecule has 0 spiro atoms. The van der Waals surface area contributed by atoms with Gasteiger partial charge in [-0.15, -0.1) is 0 Å². The Kier molecular flexibility index (Phi) is 4.18. The van der Waals surface area contributed by atoms with E-state index in [9.17, 15) is 0 Å². The summed E-state index contributed by atoms with van der Waals surface area (Å²) in [6.45, 7) is 1.20. The molecule has 3 heteroatoms. The predicted octanol–water partition coefficient (Wildman–Crippen LogP) is 3.75. The van der Waals surface area contributed by atoms with E-state index in [2.05, 4.69) is 15.9 Å². The van der Waals surface area contributed by atoms with Gasteiger partial charge in [0.25, 0.3) is 0 Å². The number of anilines is 1. The normalized spacial score (nSPS) is 10.4. The van der Waals surface area contributed by atoms with Crippen molar-refractivity contribution in [1.82, 2.24) is 0 Å². The molecule has 88 valence electrons. The van der Waals surface area contributed by atoms with Crippen LogP contribution in [0.25, 0.3) is 0 Å². The zero-order valence-corrected chi connectivity index (χ0v) is 11.0. The molecular formula is C14H14BrNO. The van der Waals surface area contributed by atoms with E-state index in [0.717, 1.165) is 21.3 Å². The van der Waals surface area contributed by atoms with Crippen LogP contribution in [0.4, 0.5) is 5.69 Å². The number of ether oxygens (including phenoxy) is 1. The Bertz CT molecular complexity index is 482. The van der Waals surface area contributed by atoms with Crippen molar-refractivity contribution < 1.29 is 4.74 Å². The van der Waals surface area contributed by atoms with E-state index < -0.39 is 0 Å². The van der Waals surface area contributed by atoms with Gasteiger partial charge in [0.2, 0.25) is 0 Å². The molecule has 17 heavy (non-hydrogen) atoms. The van der Waals surface area contributed by atoms with E-state index >= 15 is 0 Å². The quantitative estimate of drug-likeness (QED) is 0.871. The Morgan fingerprint density at radius 3 is 2.35 bits per heavy atom. The molecule has 2 nitrogen and oxygen atoms in total. The minimum Gasteiger partial charge on any atom is -0.399 e. The summed E-state index contributed by atoms with van der Waals surface area (Å²) < 4.78 is 6.74. The van der Waals surface area contributed by atoms with Gasteiger partial charge in [-0.1, -0.05) is 46.3 Å². The van der Waals surface area contributed by atoms with E-state index in [-0.39, 0.29) is 0 Å². The Morgan fingerprint density at radius 2 is 1.65 bits per heavy atom. The molecule has 2 aromatic carbocycles. The van der Waals surface area contributed by atoms with Gasteiger partial charge in [-0.3, -0.25) is 0 Å². The highest BCUT2D eigenvalue weighted by Gasteiger charge is 1.99. The molecule has 0 aliphatic carbocycles. The summed E-state index contributed by atoms with van der Waals surface area (Å²) in [7, 11) is 0. The average Bonchev–Trinajstić information content (AvgIpc) is 2.34. The number of halogens is 1. The smallest absolute Gasteiger partial charge is 0.0732 e. The Labute approximate surface area is 110 Å². The second-order valence-electron chi connectivity index (χ2n) is 3.83. The van der Waals surface area contributed by atoms with Gasteiger partial charge in [-0.05, 0) is 29.3 Å². The molecule has 0 saturated carbocycles. The van der Waals surface area contributed by atoms with Gasteiger partial charge in [-0.25, -0.2) is 0 Å². The summed E-state index contributed by atoms with van der Waals surface area (Å²) >= 11 is 3.50. The average molecular weight is 292 g/mol. The van der Waals surface area contributed by atoms with Crippen molar-refractivity contribution in [2.75, 3.05) is 5.73 Å². The van der Waals surface area contributed by atoms with E-state index in [1.54, 1.807) is 0 Å². The molecular weight excluding hydrogens is 278 g/mol. The van der Waals surface area contributed by atoms with Crippen molar-refractivity contribution in [1.29, 1.82) is 0 Å². The topological polar surface area (TPSA) is 35.2 Å². The van der Waals surface area contributed by atoms with Crippen molar-refractivity contribution >= 4 is 21.6 Å². The van der Waals surface area contributed by atoms with Crippen molar-refractivity contribution in [2.45, 2.75) is 13.2 Å². The third-order valence-electron chi connectivity index (χ3n) is 2.46. The molecule has 0 saturated heterocycles. The molecule has 2 aromatic rings. The lowest BCUT2D eigenvalue weighted by Gasteiger charge is -2.06. The lowest BCUT2D eigenvalue weighted by molar-refractivity contribution is 0.107. The second kappa shape index (κ2) is 5.84. The Hall–Kier alpha value is -1.32. The maximum absolute atomic E-state index is 5.66. The predicted molar refractivity (Wildman–Crippen MR) is 73.5 cm³/mol. The molecule has 0 radical (unpaired) electrons. The van der Waals surface area contributed by atoms with Crippen LogP contribution in [0.3, 0.4) is 0 Å². The first-order valence-electron chi connectivity index (χ1n) is 5.41. The summed E-state index contributed by atoms with van der Waals surface area (Å²) in [6.07, 6.45) is 0. The minimum atomic E-state index is 0.599. The summed E-state index contributed by atoms with van der Waals surface area (Å²) in [5.74, 6) is 0. The zero-order chi connectivity index (χ0) is 12.1. The van der Waals surface area contributed by atoms with Crippen molar-refractivity contribution in [3.63, 3.8) is 0 Å². The number of rotatable bonds is 4. The highest BCUT2D eigenvalue weighted by Crippen LogP contribution is 2.17. The minimum absolute atomic E-state index is 0.599. The molecule has 0 unspecified atom stereocenters. The number of nitrogen functional groups attached to an aromatic ring is 1. The van der Waals surface area contributed by atoms with Gasteiger partial charge in [0.05, 0.1) is 13.2 Å². The summed E-state index contributed by atoms with van der Waals surface area (Å²) in [6, 6.07) is 15.8. The fourth-order valence-electron chi connectivity index (χ4n) is 1.51. The molecule has 0 amide bonds. The van der Waals surface area contributed by atoms with Crippen LogP contribution in [-0.4, -0.2) is 0 Å². The molecule has 0 fully saturated rings. The van der Waals surface area contributed by atoms with Crippen LogP contribution < -0.4 is 5.73 Å². The summed E-state index contributed by atoms with van der Waals surface area (Å²) in [4.78, 5) is 0. The maximum Gasteiger partial charge on any atom is 0.0732 e. The number of benzene rings is 2. The number of nitrogens with two attached hydrogens (primary N) is 1. The van der Waals surface area contributed by atoms with E-state index in [1.165, 1.54) is 0 Å². The Balaban J connectivity index is 1.88. The first kappa shape index (κ1) is 12.1. The van der Waals surface area contributed by atoms with Crippen LogP contribution >= 0.6 is 15.9 Å². The lowest BCUT2D eigenvalue weighted by atomic mass is 10.2. The van der Waals surface area contributed by atoms with E-state index in [4.69, 9.17) is 10.5 Å². The van der Waals surface area contributed by atoms with Gasteiger partial charge in [0, 0.05) is 10.2 Å². The highest BCUT2D eigenvalue weighted by molar-refractivity contribution is 9.10. The van der Waals surface area contributed by atoms with Crippen molar-refractivity contribution in [3.05, 3.63) is 64.1 Å². The Morgan fingerprint density at radius 1 is 0.941 bits per heavy atom. The third-order valence-corrected chi connectivity index (χ3v) is 3.24. The molecule has 0 bridgehead atoms. The highest BCUT2D eigenvalue weighted by atomic mass is 79.9. The van der Waals surface area contributed by atoms with Crippen LogP contribution in [0, 0.1) is 0 Å². The number of hydrogen-bond donors (Lipinski definition) is 1. The first-order valence-corrected chi connectivity index (χ1v) is 6.20. The van der Waals surface area contributed by atoms with Gasteiger partial charge in [0.1, 0.15) is 0 Å². The second-order valence-corrected chi connectivity index (χ2v) is 4.68. The van der Waals surface area contributed by atoms with Crippen molar-refractivity contribution in [2.24, 2.45) is 0 Å². The molecule has 0 aromatic heterocycles. The van der Waals surface area contributed by atoms with E-state index in [1.807, 2.05) is 48.5 Å². The molecule has 0 atom stereocenters. The SMILES string of the molecule is Nc1ccc(COCc2ccccc2Br)cc1. The lowest BCUT2D eigenvalue weighted by Crippen LogP contribution is -1.95. The summed E-state index contributed by atoms with van der Waals surface area (Å²) in [5, 5.41) is 0. The number of hydrogen-bond acceptors (Lipinski definition) is 2. The van der Waals surface area contributed by atoms with Crippen LogP contribution in [0.5, 0.6) is 0 Å². The molecule has 0 aliphatic rings. The molecule has 0 aliphatic heterocycles. The van der Waals surface area contributed by atoms with E-state index in [0.29, 0.717) is 13.2 Å². The summed E-state index contributed by atoms with van der Waals surface area (Å²) in [5.41, 5.74) is 8.68. The van der Waals surface area contributed by atoms with Gasteiger partial charge in [0.15, 0.2) is 0 Å². The van der Waals surface area contributed by atoms with Gasteiger partial charge in [-0.2, -0.15) is 0 Å². The fourth-order valence-corrected chi connectivity index (χ4v) is 1.91. The van der Waals surface area contributed by atoms with Crippen LogP contribution in [0.2, 0.25) is 0 Å². The molecule has 0 heterocycles. The third kappa shape index (κ3) is 3.58. The van der Waals surface area contributed by atoms with Crippen LogP contribution in [0.15, 0.2) is 53.0 Å². The monoisotopic (exact) mass is 291 g/mol. The maximum atomic E-state index is 5.66. The van der Waals surface area contributed by atoms with Crippen LogP contribution in [-0.2, 0) is 18.0 Å². The molecule has 2 N–H and O–H groups in total. The van der Waals surface area contributed by atoms with Crippen molar-refractivity contribution in [3.8, 4) is 0 Å². The van der Waals surface area contributed by atoms with Gasteiger partial charge < -0.3 is 10.5 Å². The first-order chi connectivity index (χ1) is 8.25. The standard InChI is InChI=1S/C14H14BrNO/c15-14-4-2-1-3-12(14)10-17-9-11-5-7-13(16)8-6-11/h1-8H,9-10,16H2. The largest absolute Gasteiger partial charge is 0.399 e. The fraction of sp³-hybridized carbons (Fsp3) is 0.143. The zero-order valence-electron chi connectivity index (χ0n) is 9.40. The molecule has 2 rings (SSSR count). The van der Waals surface area contributed by atoms with Gasteiger partial charge >= 0.3 is 0 Å². The van der Waals surface area contributed by atoms with Crippen LogP contribution in [0.1, 0.15) is 11.1 Å².